The van der Waals surface area contributed by atoms with Crippen molar-refractivity contribution in [3.63, 3.8) is 0 Å². The smallest absolute Gasteiger partial charge is 0.369 e. The third-order valence-corrected chi connectivity index (χ3v) is 3.01. The van der Waals surface area contributed by atoms with Crippen molar-refractivity contribution < 1.29 is 18.0 Å². The number of hydrogen-bond donors (Lipinski definition) is 2. The quantitative estimate of drug-likeness (QED) is 0.851. The Balaban J connectivity index is 2.41. The number of carbonyl (C=O) groups excluding carboxylic acids is 1. The van der Waals surface area contributed by atoms with Crippen LogP contribution < -0.4 is 16.0 Å². The summed E-state index contributed by atoms with van der Waals surface area (Å²) in [6.07, 6.45) is -4.49. The summed E-state index contributed by atoms with van der Waals surface area (Å²) in [6, 6.07) is 3.24. The number of primary amides is 1. The highest BCUT2D eigenvalue weighted by molar-refractivity contribution is 5.94. The zero-order valence-corrected chi connectivity index (χ0v) is 10.1. The number of halogens is 3. The minimum atomic E-state index is -4.49. The second-order valence-corrected chi connectivity index (χ2v) is 4.37. The molecule has 1 aliphatic rings. The first-order chi connectivity index (χ1) is 8.88. The van der Waals surface area contributed by atoms with E-state index in [1.807, 2.05) is 0 Å². The van der Waals surface area contributed by atoms with Crippen molar-refractivity contribution in [2.75, 3.05) is 31.1 Å². The Morgan fingerprint density at radius 1 is 1.21 bits per heavy atom. The van der Waals surface area contributed by atoms with Crippen molar-refractivity contribution in [2.45, 2.75) is 6.18 Å². The van der Waals surface area contributed by atoms with Crippen LogP contribution in [0.5, 0.6) is 0 Å². The van der Waals surface area contributed by atoms with Crippen molar-refractivity contribution in [2.24, 2.45) is 5.73 Å². The van der Waals surface area contributed by atoms with Gasteiger partial charge in [-0.15, -0.1) is 0 Å². The van der Waals surface area contributed by atoms with Gasteiger partial charge in [0.2, 0.25) is 5.91 Å². The van der Waals surface area contributed by atoms with E-state index in [0.29, 0.717) is 31.9 Å². The lowest BCUT2D eigenvalue weighted by atomic mass is 10.1. The van der Waals surface area contributed by atoms with Gasteiger partial charge in [0.1, 0.15) is 0 Å². The normalized spacial score (nSPS) is 16.5. The van der Waals surface area contributed by atoms with Gasteiger partial charge in [-0.05, 0) is 18.2 Å². The van der Waals surface area contributed by atoms with Gasteiger partial charge in [0.05, 0.1) is 5.56 Å². The van der Waals surface area contributed by atoms with Gasteiger partial charge < -0.3 is 16.0 Å². The summed E-state index contributed by atoms with van der Waals surface area (Å²) >= 11 is 0. The van der Waals surface area contributed by atoms with Crippen LogP contribution in [0.2, 0.25) is 0 Å². The molecule has 0 spiro atoms. The molecule has 0 atom stereocenters. The molecule has 4 nitrogen and oxygen atoms in total. The predicted octanol–water partition coefficient (Wildman–Crippen LogP) is 1.21. The number of nitrogens with two attached hydrogens (primary N) is 1. The standard InChI is InChI=1S/C12H14F3N3O/c13-12(14,15)9-5-8(11(16)19)6-10(7-9)18-3-1-17-2-4-18/h5-7,17H,1-4H2,(H2,16,19). The molecule has 0 radical (unpaired) electrons. The monoisotopic (exact) mass is 273 g/mol. The molecule has 0 bridgehead atoms. The number of benzene rings is 1. The molecule has 0 aromatic heterocycles. The molecule has 0 unspecified atom stereocenters. The summed E-state index contributed by atoms with van der Waals surface area (Å²) < 4.78 is 38.4. The van der Waals surface area contributed by atoms with Gasteiger partial charge >= 0.3 is 6.18 Å². The van der Waals surface area contributed by atoms with Gasteiger partial charge in [-0.3, -0.25) is 4.79 Å². The van der Waals surface area contributed by atoms with Crippen LogP contribution in [0.15, 0.2) is 18.2 Å². The zero-order valence-electron chi connectivity index (χ0n) is 10.1. The van der Waals surface area contributed by atoms with E-state index >= 15 is 0 Å². The van der Waals surface area contributed by atoms with Crippen molar-refractivity contribution >= 4 is 11.6 Å². The molecule has 19 heavy (non-hydrogen) atoms. The fraction of sp³-hybridized carbons (Fsp3) is 0.417. The predicted molar refractivity (Wildman–Crippen MR) is 65.0 cm³/mol. The first-order valence-corrected chi connectivity index (χ1v) is 5.85. The van der Waals surface area contributed by atoms with Gasteiger partial charge in [-0.25, -0.2) is 0 Å². The van der Waals surface area contributed by atoms with Crippen molar-refractivity contribution in [1.82, 2.24) is 5.32 Å². The maximum absolute atomic E-state index is 12.8. The molecule has 7 heteroatoms. The lowest BCUT2D eigenvalue weighted by Crippen LogP contribution is -2.43. The largest absolute Gasteiger partial charge is 0.416 e. The molecule has 1 aliphatic heterocycles. The Morgan fingerprint density at radius 3 is 2.37 bits per heavy atom. The highest BCUT2D eigenvalue weighted by Crippen LogP contribution is 2.33. The average Bonchev–Trinajstić information content (AvgIpc) is 2.38. The van der Waals surface area contributed by atoms with E-state index < -0.39 is 17.6 Å². The SMILES string of the molecule is NC(=O)c1cc(N2CCNCC2)cc(C(F)(F)F)c1. The first-order valence-electron chi connectivity index (χ1n) is 5.85. The maximum atomic E-state index is 12.8. The van der Waals surface area contributed by atoms with Gasteiger partial charge in [0.15, 0.2) is 0 Å². The van der Waals surface area contributed by atoms with Crippen molar-refractivity contribution in [1.29, 1.82) is 0 Å². The molecule has 1 heterocycles. The molecule has 0 aliphatic carbocycles. The lowest BCUT2D eigenvalue weighted by Gasteiger charge is -2.30. The van der Waals surface area contributed by atoms with E-state index in [2.05, 4.69) is 5.32 Å². The molecule has 104 valence electrons. The van der Waals surface area contributed by atoms with Gasteiger partial charge in [-0.2, -0.15) is 13.2 Å². The average molecular weight is 273 g/mol. The second kappa shape index (κ2) is 5.08. The number of nitrogens with one attached hydrogen (secondary N) is 1. The molecule has 1 saturated heterocycles. The minimum absolute atomic E-state index is 0.122. The van der Waals surface area contributed by atoms with E-state index in [1.165, 1.54) is 6.07 Å². The summed E-state index contributed by atoms with van der Waals surface area (Å²) in [7, 11) is 0. The number of nitrogens with zero attached hydrogens (tertiary/aromatic N) is 1. The van der Waals surface area contributed by atoms with Crippen LogP contribution in [0.4, 0.5) is 18.9 Å². The molecule has 1 aromatic rings. The third-order valence-electron chi connectivity index (χ3n) is 3.01. The summed E-state index contributed by atoms with van der Waals surface area (Å²) in [5.74, 6) is -0.859. The van der Waals surface area contributed by atoms with Crippen LogP contribution in [0.3, 0.4) is 0 Å². The number of hydrogen-bond acceptors (Lipinski definition) is 3. The minimum Gasteiger partial charge on any atom is -0.369 e. The molecule has 1 aromatic carbocycles. The highest BCUT2D eigenvalue weighted by Gasteiger charge is 2.32. The van der Waals surface area contributed by atoms with Crippen LogP contribution in [-0.2, 0) is 6.18 Å². The number of amides is 1. The van der Waals surface area contributed by atoms with Gasteiger partial charge in [0.25, 0.3) is 0 Å². The second-order valence-electron chi connectivity index (χ2n) is 4.37. The van der Waals surface area contributed by atoms with E-state index in [4.69, 9.17) is 5.73 Å². The summed E-state index contributed by atoms with van der Waals surface area (Å²) in [5.41, 5.74) is 4.50. The topological polar surface area (TPSA) is 58.4 Å². The first kappa shape index (κ1) is 13.7. The zero-order chi connectivity index (χ0) is 14.0. The van der Waals surface area contributed by atoms with E-state index in [1.54, 1.807) is 4.90 Å². The van der Waals surface area contributed by atoms with Crippen molar-refractivity contribution in [3.05, 3.63) is 29.3 Å². The molecular weight excluding hydrogens is 259 g/mol. The fourth-order valence-corrected chi connectivity index (χ4v) is 2.02. The van der Waals surface area contributed by atoms with E-state index in [0.717, 1.165) is 12.1 Å². The Hall–Kier alpha value is -1.76. The molecule has 1 fully saturated rings. The Labute approximate surface area is 108 Å². The van der Waals surface area contributed by atoms with E-state index in [-0.39, 0.29) is 5.56 Å². The molecular formula is C12H14F3N3O. The van der Waals surface area contributed by atoms with Crippen LogP contribution in [0, 0.1) is 0 Å². The molecule has 0 saturated carbocycles. The third kappa shape index (κ3) is 3.17. The van der Waals surface area contributed by atoms with Crippen LogP contribution in [0.25, 0.3) is 0 Å². The van der Waals surface area contributed by atoms with Crippen LogP contribution >= 0.6 is 0 Å². The number of anilines is 1. The summed E-state index contributed by atoms with van der Waals surface area (Å²) in [5, 5.41) is 3.11. The summed E-state index contributed by atoms with van der Waals surface area (Å²) in [4.78, 5) is 12.9. The molecule has 1 amide bonds. The number of piperazine rings is 1. The number of alkyl halides is 3. The van der Waals surface area contributed by atoms with Gasteiger partial charge in [0, 0.05) is 37.4 Å². The van der Waals surface area contributed by atoms with E-state index in [9.17, 15) is 18.0 Å². The fourth-order valence-electron chi connectivity index (χ4n) is 2.02. The molecule has 2 rings (SSSR count). The highest BCUT2D eigenvalue weighted by atomic mass is 19.4. The molecule has 3 N–H and O–H groups in total. The number of rotatable bonds is 2. The Bertz CT molecular complexity index is 482. The van der Waals surface area contributed by atoms with Gasteiger partial charge in [-0.1, -0.05) is 0 Å². The number of carbonyl (C=O) groups is 1. The van der Waals surface area contributed by atoms with Crippen molar-refractivity contribution in [3.8, 4) is 0 Å². The lowest BCUT2D eigenvalue weighted by molar-refractivity contribution is -0.137. The van der Waals surface area contributed by atoms with Crippen LogP contribution in [-0.4, -0.2) is 32.1 Å². The Kier molecular flexibility index (Phi) is 3.66. The maximum Gasteiger partial charge on any atom is 0.416 e. The Morgan fingerprint density at radius 2 is 1.84 bits per heavy atom. The summed E-state index contributed by atoms with van der Waals surface area (Å²) in [6.45, 7) is 2.59. The van der Waals surface area contributed by atoms with Crippen LogP contribution in [0.1, 0.15) is 15.9 Å².